The number of carbonyl (C=O) groups is 3. The lowest BCUT2D eigenvalue weighted by Crippen LogP contribution is -2.37. The highest BCUT2D eigenvalue weighted by Crippen LogP contribution is 2.23. The number of fused-ring (bicyclic) bond motifs is 1. The van der Waals surface area contributed by atoms with E-state index in [0.717, 1.165) is 6.42 Å². The maximum atomic E-state index is 12.4. The fraction of sp³-hybridized carbons (Fsp3) is 0.267. The maximum Gasteiger partial charge on any atom is 0.221 e. The molecule has 0 fully saturated rings. The molecule has 5 heteroatoms. The summed E-state index contributed by atoms with van der Waals surface area (Å²) < 4.78 is 0. The SMILES string of the molecule is CCCNC1=C(NC(C)=O)C(=O)c2ccccc2C1=O. The zero-order valence-electron chi connectivity index (χ0n) is 11.4. The van der Waals surface area contributed by atoms with E-state index in [0.29, 0.717) is 17.7 Å². The number of allylic oxidation sites excluding steroid dienone is 2. The Balaban J connectivity index is 2.52. The molecule has 1 aliphatic carbocycles. The molecule has 0 atom stereocenters. The number of Topliss-reactive ketones (excluding diaryl/α,β-unsaturated/α-hetero) is 2. The van der Waals surface area contributed by atoms with Gasteiger partial charge in [-0.05, 0) is 6.42 Å². The molecule has 5 nitrogen and oxygen atoms in total. The van der Waals surface area contributed by atoms with Crippen molar-refractivity contribution >= 4 is 17.5 Å². The Morgan fingerprint density at radius 3 is 2.10 bits per heavy atom. The zero-order valence-corrected chi connectivity index (χ0v) is 11.4. The molecule has 1 aliphatic rings. The normalized spacial score (nSPS) is 14.1. The van der Waals surface area contributed by atoms with Crippen molar-refractivity contribution in [2.24, 2.45) is 0 Å². The van der Waals surface area contributed by atoms with Crippen molar-refractivity contribution in [1.82, 2.24) is 10.6 Å². The van der Waals surface area contributed by atoms with E-state index in [4.69, 9.17) is 0 Å². The maximum absolute atomic E-state index is 12.4. The van der Waals surface area contributed by atoms with Gasteiger partial charge in [0.25, 0.3) is 0 Å². The predicted octanol–water partition coefficient (Wildman–Crippen LogP) is 1.41. The molecule has 104 valence electrons. The molecule has 0 heterocycles. The molecule has 0 radical (unpaired) electrons. The van der Waals surface area contributed by atoms with E-state index in [1.165, 1.54) is 6.92 Å². The highest BCUT2D eigenvalue weighted by molar-refractivity contribution is 6.27. The standard InChI is InChI=1S/C15H16N2O3/c1-3-8-16-12-13(17-9(2)18)15(20)11-7-5-4-6-10(11)14(12)19/h4-7,16H,3,8H2,1-2H3,(H,17,18). The first kappa shape index (κ1) is 14.0. The minimum Gasteiger partial charge on any atom is -0.380 e. The fourth-order valence-electron chi connectivity index (χ4n) is 2.09. The monoisotopic (exact) mass is 272 g/mol. The molecule has 0 aromatic heterocycles. The molecular formula is C15H16N2O3. The van der Waals surface area contributed by atoms with Gasteiger partial charge in [0.2, 0.25) is 17.5 Å². The third kappa shape index (κ3) is 2.47. The molecule has 0 unspecified atom stereocenters. The van der Waals surface area contributed by atoms with Crippen molar-refractivity contribution in [3.63, 3.8) is 0 Å². The Hall–Kier alpha value is -2.43. The molecule has 2 N–H and O–H groups in total. The fourth-order valence-corrected chi connectivity index (χ4v) is 2.09. The average Bonchev–Trinajstić information content (AvgIpc) is 2.44. The van der Waals surface area contributed by atoms with Crippen molar-refractivity contribution in [1.29, 1.82) is 0 Å². The molecule has 2 rings (SSSR count). The zero-order chi connectivity index (χ0) is 14.7. The summed E-state index contributed by atoms with van der Waals surface area (Å²) in [7, 11) is 0. The second kappa shape index (κ2) is 5.69. The van der Waals surface area contributed by atoms with Crippen molar-refractivity contribution < 1.29 is 14.4 Å². The molecular weight excluding hydrogens is 256 g/mol. The third-order valence-electron chi connectivity index (χ3n) is 2.97. The van der Waals surface area contributed by atoms with Crippen molar-refractivity contribution in [3.05, 3.63) is 46.8 Å². The number of hydrogen-bond donors (Lipinski definition) is 2. The lowest BCUT2D eigenvalue weighted by Gasteiger charge is -2.21. The second-order valence-corrected chi connectivity index (χ2v) is 4.56. The van der Waals surface area contributed by atoms with Crippen LogP contribution >= 0.6 is 0 Å². The molecule has 0 spiro atoms. The van der Waals surface area contributed by atoms with Crippen LogP contribution in [0, 0.1) is 0 Å². The van der Waals surface area contributed by atoms with Crippen LogP contribution in [0.5, 0.6) is 0 Å². The van der Waals surface area contributed by atoms with Crippen molar-refractivity contribution in [3.8, 4) is 0 Å². The minimum atomic E-state index is -0.378. The molecule has 1 aromatic carbocycles. The summed E-state index contributed by atoms with van der Waals surface area (Å²) in [5.41, 5.74) is 0.897. The van der Waals surface area contributed by atoms with Gasteiger partial charge in [0.1, 0.15) is 11.4 Å². The van der Waals surface area contributed by atoms with Crippen LogP contribution in [0.4, 0.5) is 0 Å². The van der Waals surface area contributed by atoms with Crippen LogP contribution in [-0.2, 0) is 4.79 Å². The first-order chi connectivity index (χ1) is 9.56. The highest BCUT2D eigenvalue weighted by Gasteiger charge is 2.32. The van der Waals surface area contributed by atoms with Crippen LogP contribution in [0.1, 0.15) is 41.0 Å². The van der Waals surface area contributed by atoms with Gasteiger partial charge in [0.15, 0.2) is 0 Å². The molecule has 1 aromatic rings. The molecule has 1 amide bonds. The van der Waals surface area contributed by atoms with Crippen LogP contribution in [0.25, 0.3) is 0 Å². The molecule has 0 saturated heterocycles. The van der Waals surface area contributed by atoms with E-state index in [1.807, 2.05) is 6.92 Å². The Labute approximate surface area is 117 Å². The summed E-state index contributed by atoms with van der Waals surface area (Å²) >= 11 is 0. The summed E-state index contributed by atoms with van der Waals surface area (Å²) in [5, 5.41) is 5.41. The van der Waals surface area contributed by atoms with E-state index in [1.54, 1.807) is 24.3 Å². The summed E-state index contributed by atoms with van der Waals surface area (Å²) in [6.45, 7) is 3.82. The van der Waals surface area contributed by atoms with Gasteiger partial charge in [-0.15, -0.1) is 0 Å². The lowest BCUT2D eigenvalue weighted by molar-refractivity contribution is -0.118. The number of rotatable bonds is 4. The van der Waals surface area contributed by atoms with Crippen LogP contribution in [-0.4, -0.2) is 24.0 Å². The number of carbonyl (C=O) groups excluding carboxylic acids is 3. The summed E-state index contributed by atoms with van der Waals surface area (Å²) in [6.07, 6.45) is 0.806. The Bertz CT molecular complexity index is 617. The minimum absolute atomic E-state index is 0.0367. The van der Waals surface area contributed by atoms with E-state index in [2.05, 4.69) is 10.6 Å². The summed E-state index contributed by atoms with van der Waals surface area (Å²) in [4.78, 5) is 36.1. The Morgan fingerprint density at radius 2 is 1.60 bits per heavy atom. The lowest BCUT2D eigenvalue weighted by atomic mass is 9.90. The second-order valence-electron chi connectivity index (χ2n) is 4.56. The quantitative estimate of drug-likeness (QED) is 0.869. The van der Waals surface area contributed by atoms with Crippen LogP contribution < -0.4 is 10.6 Å². The smallest absolute Gasteiger partial charge is 0.221 e. The van der Waals surface area contributed by atoms with Gasteiger partial charge in [0.05, 0.1) is 0 Å². The summed E-state index contributed by atoms with van der Waals surface area (Å²) in [5.74, 6) is -0.984. The number of nitrogens with one attached hydrogen (secondary N) is 2. The van der Waals surface area contributed by atoms with Gasteiger partial charge < -0.3 is 10.6 Å². The topological polar surface area (TPSA) is 75.3 Å². The van der Waals surface area contributed by atoms with E-state index in [-0.39, 0.29) is 28.9 Å². The van der Waals surface area contributed by atoms with Gasteiger partial charge in [-0.2, -0.15) is 0 Å². The summed E-state index contributed by atoms with van der Waals surface area (Å²) in [6, 6.07) is 6.62. The number of ketones is 2. The number of benzene rings is 1. The molecule has 0 saturated carbocycles. The van der Waals surface area contributed by atoms with Crippen molar-refractivity contribution in [2.75, 3.05) is 6.54 Å². The van der Waals surface area contributed by atoms with Gasteiger partial charge in [-0.3, -0.25) is 14.4 Å². The average molecular weight is 272 g/mol. The first-order valence-electron chi connectivity index (χ1n) is 6.50. The van der Waals surface area contributed by atoms with Crippen LogP contribution in [0.2, 0.25) is 0 Å². The van der Waals surface area contributed by atoms with E-state index >= 15 is 0 Å². The van der Waals surface area contributed by atoms with Gasteiger partial charge in [-0.1, -0.05) is 31.2 Å². The molecule has 0 bridgehead atoms. The molecule has 20 heavy (non-hydrogen) atoms. The van der Waals surface area contributed by atoms with E-state index < -0.39 is 0 Å². The van der Waals surface area contributed by atoms with Crippen LogP contribution in [0.15, 0.2) is 35.7 Å². The number of amides is 1. The number of hydrogen-bond acceptors (Lipinski definition) is 4. The van der Waals surface area contributed by atoms with Gasteiger partial charge in [0, 0.05) is 24.6 Å². The first-order valence-corrected chi connectivity index (χ1v) is 6.50. The Morgan fingerprint density at radius 1 is 1.05 bits per heavy atom. The Kier molecular flexibility index (Phi) is 3.98. The van der Waals surface area contributed by atoms with E-state index in [9.17, 15) is 14.4 Å². The van der Waals surface area contributed by atoms with Crippen LogP contribution in [0.3, 0.4) is 0 Å². The third-order valence-corrected chi connectivity index (χ3v) is 2.97. The van der Waals surface area contributed by atoms with Gasteiger partial charge >= 0.3 is 0 Å². The predicted molar refractivity (Wildman–Crippen MR) is 74.2 cm³/mol. The largest absolute Gasteiger partial charge is 0.380 e. The molecule has 0 aliphatic heterocycles. The highest BCUT2D eigenvalue weighted by atomic mass is 16.2. The van der Waals surface area contributed by atoms with Gasteiger partial charge in [-0.25, -0.2) is 0 Å². The van der Waals surface area contributed by atoms with Crippen molar-refractivity contribution in [2.45, 2.75) is 20.3 Å².